The van der Waals surface area contributed by atoms with Crippen molar-refractivity contribution < 1.29 is 10.2 Å². The summed E-state index contributed by atoms with van der Waals surface area (Å²) in [4.78, 5) is 4.54. The van der Waals surface area contributed by atoms with Crippen LogP contribution >= 0.6 is 11.3 Å². The summed E-state index contributed by atoms with van der Waals surface area (Å²) in [6.45, 7) is 7.07. The molecule has 2 aliphatic carbocycles. The van der Waals surface area contributed by atoms with E-state index in [0.717, 1.165) is 28.7 Å². The predicted molar refractivity (Wildman–Crippen MR) is 101 cm³/mol. The first-order chi connectivity index (χ1) is 11.8. The number of benzene rings is 1. The topological polar surface area (TPSA) is 77.7 Å². The maximum Gasteiger partial charge on any atom is 0.203 e. The molecule has 6 heteroatoms. The average molecular weight is 357 g/mol. The summed E-state index contributed by atoms with van der Waals surface area (Å²) in [5.41, 5.74) is 6.39. The third-order valence-corrected chi connectivity index (χ3v) is 7.32. The van der Waals surface area contributed by atoms with Gasteiger partial charge >= 0.3 is 0 Å². The number of hydrogen-bond acceptors (Lipinski definition) is 6. The summed E-state index contributed by atoms with van der Waals surface area (Å²) in [6.07, 6.45) is 3.58. The number of rotatable bonds is 3. The maximum absolute atomic E-state index is 9.64. The molecular weight excluding hydrogens is 334 g/mol. The summed E-state index contributed by atoms with van der Waals surface area (Å²) < 4.78 is 0. The summed E-state index contributed by atoms with van der Waals surface area (Å²) >= 11 is 1.48. The highest BCUT2D eigenvalue weighted by atomic mass is 32.1. The molecule has 2 unspecified atom stereocenters. The third kappa shape index (κ3) is 2.42. The van der Waals surface area contributed by atoms with Crippen LogP contribution in [-0.2, 0) is 0 Å². The van der Waals surface area contributed by atoms with Gasteiger partial charge in [-0.05, 0) is 48.8 Å². The zero-order valence-corrected chi connectivity index (χ0v) is 15.5. The minimum atomic E-state index is -0.141. The minimum Gasteiger partial charge on any atom is -0.504 e. The van der Waals surface area contributed by atoms with Gasteiger partial charge in [0.05, 0.1) is 5.69 Å². The van der Waals surface area contributed by atoms with Crippen molar-refractivity contribution in [1.82, 2.24) is 4.98 Å². The van der Waals surface area contributed by atoms with Crippen molar-refractivity contribution in [3.8, 4) is 22.8 Å². The van der Waals surface area contributed by atoms with Crippen LogP contribution in [0.1, 0.15) is 40.0 Å². The molecule has 2 atom stereocenters. The third-order valence-electron chi connectivity index (χ3n) is 6.57. The second kappa shape index (κ2) is 5.46. The van der Waals surface area contributed by atoms with Crippen LogP contribution in [0.25, 0.3) is 11.3 Å². The molecule has 2 fully saturated rings. The van der Waals surface area contributed by atoms with E-state index in [1.165, 1.54) is 42.0 Å². The van der Waals surface area contributed by atoms with Gasteiger partial charge in [0.25, 0.3) is 0 Å². The van der Waals surface area contributed by atoms with Gasteiger partial charge < -0.3 is 10.2 Å². The molecule has 0 aliphatic heterocycles. The van der Waals surface area contributed by atoms with E-state index < -0.39 is 0 Å². The van der Waals surface area contributed by atoms with Crippen molar-refractivity contribution in [1.29, 1.82) is 0 Å². The Morgan fingerprint density at radius 3 is 2.68 bits per heavy atom. The normalized spacial score (nSPS) is 28.6. The number of thiazole rings is 1. The van der Waals surface area contributed by atoms with Crippen molar-refractivity contribution in [2.24, 2.45) is 21.8 Å². The number of phenols is 2. The zero-order valence-electron chi connectivity index (χ0n) is 14.7. The lowest BCUT2D eigenvalue weighted by atomic mass is 9.70. The fourth-order valence-corrected chi connectivity index (χ4v) is 5.01. The van der Waals surface area contributed by atoms with Crippen LogP contribution in [0, 0.1) is 16.7 Å². The molecule has 4 rings (SSSR count). The number of hydrogen-bond donors (Lipinski definition) is 3. The first-order valence-electron chi connectivity index (χ1n) is 8.62. The summed E-state index contributed by atoms with van der Waals surface area (Å²) in [5, 5.41) is 26.4. The van der Waals surface area contributed by atoms with E-state index in [1.54, 1.807) is 6.07 Å². The number of hydrazone groups is 1. The van der Waals surface area contributed by atoms with Crippen molar-refractivity contribution in [3.63, 3.8) is 0 Å². The van der Waals surface area contributed by atoms with Gasteiger partial charge in [-0.3, -0.25) is 5.43 Å². The van der Waals surface area contributed by atoms with Gasteiger partial charge in [0.2, 0.25) is 5.13 Å². The van der Waals surface area contributed by atoms with E-state index in [1.807, 2.05) is 5.38 Å². The van der Waals surface area contributed by atoms with E-state index >= 15 is 0 Å². The second-order valence-electron chi connectivity index (χ2n) is 7.91. The molecule has 1 heterocycles. The van der Waals surface area contributed by atoms with E-state index in [9.17, 15) is 10.2 Å². The van der Waals surface area contributed by atoms with Crippen LogP contribution in [0.2, 0.25) is 0 Å². The molecule has 2 aromatic rings. The van der Waals surface area contributed by atoms with Gasteiger partial charge in [0.1, 0.15) is 0 Å². The Hall–Kier alpha value is -2.08. The van der Waals surface area contributed by atoms with E-state index in [0.29, 0.717) is 5.41 Å². The van der Waals surface area contributed by atoms with Crippen molar-refractivity contribution in [2.75, 3.05) is 5.43 Å². The fraction of sp³-hybridized carbons (Fsp3) is 0.474. The molecule has 2 bridgehead atoms. The quantitative estimate of drug-likeness (QED) is 0.543. The highest BCUT2D eigenvalue weighted by Crippen LogP contribution is 2.63. The molecule has 0 spiro atoms. The molecule has 5 nitrogen and oxygen atoms in total. The number of aromatic nitrogens is 1. The lowest BCUT2D eigenvalue weighted by Gasteiger charge is -2.34. The van der Waals surface area contributed by atoms with Gasteiger partial charge in [-0.1, -0.05) is 20.8 Å². The molecule has 132 valence electrons. The van der Waals surface area contributed by atoms with Crippen LogP contribution < -0.4 is 5.43 Å². The lowest BCUT2D eigenvalue weighted by Crippen LogP contribution is -2.32. The first-order valence-corrected chi connectivity index (χ1v) is 9.50. The van der Waals surface area contributed by atoms with Crippen LogP contribution in [0.3, 0.4) is 0 Å². The number of nitrogens with zero attached hydrogens (tertiary/aromatic N) is 2. The van der Waals surface area contributed by atoms with Crippen LogP contribution in [-0.4, -0.2) is 20.9 Å². The molecule has 0 saturated heterocycles. The number of aromatic hydroxyl groups is 2. The summed E-state index contributed by atoms with van der Waals surface area (Å²) in [6, 6.07) is 4.72. The Morgan fingerprint density at radius 1 is 1.24 bits per heavy atom. The van der Waals surface area contributed by atoms with Gasteiger partial charge in [-0.2, -0.15) is 5.10 Å². The Morgan fingerprint density at radius 2 is 2.04 bits per heavy atom. The van der Waals surface area contributed by atoms with Crippen LogP contribution in [0.4, 0.5) is 5.13 Å². The molecule has 0 radical (unpaired) electrons. The van der Waals surface area contributed by atoms with Crippen LogP contribution in [0.15, 0.2) is 28.7 Å². The fourth-order valence-electron chi connectivity index (χ4n) is 4.35. The standard InChI is InChI=1S/C19H23N3O2S/c1-18(2)12-6-7-19(18,3)16(9-12)21-22-17-20-13(10-25-17)11-4-5-14(23)15(24)8-11/h4-5,8,10,12,23-24H,6-7,9H2,1-3H3,(H,20,22). The molecular formula is C19H23N3O2S. The minimum absolute atomic E-state index is 0.129. The summed E-state index contributed by atoms with van der Waals surface area (Å²) in [5.74, 6) is 0.457. The lowest BCUT2D eigenvalue weighted by molar-refractivity contribution is 0.194. The summed E-state index contributed by atoms with van der Waals surface area (Å²) in [7, 11) is 0. The monoisotopic (exact) mass is 357 g/mol. The van der Waals surface area contributed by atoms with Crippen molar-refractivity contribution in [2.45, 2.75) is 40.0 Å². The molecule has 25 heavy (non-hydrogen) atoms. The Kier molecular flexibility index (Phi) is 3.58. The Balaban J connectivity index is 1.54. The van der Waals surface area contributed by atoms with Gasteiger partial charge in [0, 0.05) is 22.1 Å². The van der Waals surface area contributed by atoms with E-state index in [4.69, 9.17) is 5.10 Å². The molecule has 0 amide bonds. The zero-order chi connectivity index (χ0) is 17.8. The van der Waals surface area contributed by atoms with Crippen molar-refractivity contribution in [3.05, 3.63) is 23.6 Å². The maximum atomic E-state index is 9.64. The largest absolute Gasteiger partial charge is 0.504 e. The van der Waals surface area contributed by atoms with Crippen molar-refractivity contribution >= 4 is 22.2 Å². The Labute approximate surface area is 151 Å². The second-order valence-corrected chi connectivity index (χ2v) is 8.76. The number of nitrogens with one attached hydrogen (secondary N) is 1. The molecule has 2 saturated carbocycles. The van der Waals surface area contributed by atoms with Gasteiger partial charge in [-0.15, -0.1) is 11.3 Å². The number of anilines is 1. The Bertz CT molecular complexity index is 858. The highest BCUT2D eigenvalue weighted by Gasteiger charge is 2.59. The molecule has 3 N–H and O–H groups in total. The first kappa shape index (κ1) is 16.4. The predicted octanol–water partition coefficient (Wildman–Crippen LogP) is 4.84. The van der Waals surface area contributed by atoms with E-state index in [-0.39, 0.29) is 16.9 Å². The average Bonchev–Trinajstić information content (AvgIpc) is 3.18. The molecule has 2 aliphatic rings. The SMILES string of the molecule is CC12CCC(CC1=NNc1nc(-c3ccc(O)c(O)c3)cs1)C2(C)C. The molecule has 1 aromatic carbocycles. The highest BCUT2D eigenvalue weighted by molar-refractivity contribution is 7.14. The number of fused-ring (bicyclic) bond motifs is 2. The van der Waals surface area contributed by atoms with E-state index in [2.05, 4.69) is 31.2 Å². The van der Waals surface area contributed by atoms with Gasteiger partial charge in [0.15, 0.2) is 11.5 Å². The smallest absolute Gasteiger partial charge is 0.203 e. The van der Waals surface area contributed by atoms with Gasteiger partial charge in [-0.25, -0.2) is 4.98 Å². The number of phenolic OH excluding ortho intramolecular Hbond substituents is 2. The molecule has 1 aromatic heterocycles. The van der Waals surface area contributed by atoms with Crippen LogP contribution in [0.5, 0.6) is 11.5 Å².